The van der Waals surface area contributed by atoms with E-state index in [1.54, 1.807) is 12.1 Å². The Kier molecular flexibility index (Phi) is 4.41. The van der Waals surface area contributed by atoms with Gasteiger partial charge in [0.05, 0.1) is 5.56 Å². The fraction of sp³-hybridized carbons (Fsp3) is 0.235. The van der Waals surface area contributed by atoms with Gasteiger partial charge < -0.3 is 9.84 Å². The molecule has 1 N–H and O–H groups in total. The molecule has 104 valence electrons. The van der Waals surface area contributed by atoms with Crippen molar-refractivity contribution in [2.75, 3.05) is 0 Å². The van der Waals surface area contributed by atoms with Crippen molar-refractivity contribution in [3.8, 4) is 11.5 Å². The highest BCUT2D eigenvalue weighted by Crippen LogP contribution is 2.25. The van der Waals surface area contributed by atoms with Crippen LogP contribution in [0.3, 0.4) is 0 Å². The molecule has 0 fully saturated rings. The van der Waals surface area contributed by atoms with E-state index < -0.39 is 5.97 Å². The van der Waals surface area contributed by atoms with Crippen LogP contribution < -0.4 is 4.74 Å². The zero-order valence-electron chi connectivity index (χ0n) is 11.7. The minimum absolute atomic E-state index is 0.346. The molecule has 0 aliphatic carbocycles. The SMILES string of the molecule is CC(C)Cc1cc(Oc2ccccc2)ccc1C(=O)O. The molecule has 0 aliphatic rings. The van der Waals surface area contributed by atoms with E-state index in [0.717, 1.165) is 11.3 Å². The molecular formula is C17H18O3. The number of para-hydroxylation sites is 1. The first-order chi connectivity index (χ1) is 9.56. The third-order valence-corrected chi connectivity index (χ3v) is 2.91. The van der Waals surface area contributed by atoms with Gasteiger partial charge in [-0.1, -0.05) is 32.0 Å². The van der Waals surface area contributed by atoms with Crippen LogP contribution in [0.4, 0.5) is 0 Å². The third kappa shape index (κ3) is 3.60. The first kappa shape index (κ1) is 14.1. The van der Waals surface area contributed by atoms with Crippen LogP contribution in [-0.2, 0) is 6.42 Å². The third-order valence-electron chi connectivity index (χ3n) is 2.91. The number of carbonyl (C=O) groups is 1. The van der Waals surface area contributed by atoms with Gasteiger partial charge in [-0.25, -0.2) is 4.79 Å². The predicted octanol–water partition coefficient (Wildman–Crippen LogP) is 4.38. The fourth-order valence-electron chi connectivity index (χ4n) is 2.08. The number of carboxylic acid groups (broad SMARTS) is 1. The molecule has 2 aromatic carbocycles. The molecule has 20 heavy (non-hydrogen) atoms. The van der Waals surface area contributed by atoms with E-state index in [0.29, 0.717) is 23.7 Å². The number of aromatic carboxylic acids is 1. The van der Waals surface area contributed by atoms with E-state index in [1.807, 2.05) is 36.4 Å². The molecule has 0 aliphatic heterocycles. The number of benzene rings is 2. The number of hydrogen-bond donors (Lipinski definition) is 1. The molecular weight excluding hydrogens is 252 g/mol. The molecule has 0 unspecified atom stereocenters. The summed E-state index contributed by atoms with van der Waals surface area (Å²) in [5.74, 6) is 0.898. The summed E-state index contributed by atoms with van der Waals surface area (Å²) < 4.78 is 5.74. The molecule has 3 heteroatoms. The smallest absolute Gasteiger partial charge is 0.335 e. The molecule has 0 saturated heterocycles. The number of hydrogen-bond acceptors (Lipinski definition) is 2. The normalized spacial score (nSPS) is 10.6. The van der Waals surface area contributed by atoms with Gasteiger partial charge in [0.2, 0.25) is 0 Å². The van der Waals surface area contributed by atoms with Gasteiger partial charge in [-0.05, 0) is 48.2 Å². The van der Waals surface area contributed by atoms with Crippen molar-refractivity contribution in [2.24, 2.45) is 5.92 Å². The van der Waals surface area contributed by atoms with Crippen molar-refractivity contribution in [3.63, 3.8) is 0 Å². The molecule has 2 aromatic rings. The summed E-state index contributed by atoms with van der Waals surface area (Å²) in [6.07, 6.45) is 0.716. The summed E-state index contributed by atoms with van der Waals surface area (Å²) in [7, 11) is 0. The van der Waals surface area contributed by atoms with Gasteiger partial charge in [0.1, 0.15) is 11.5 Å². The summed E-state index contributed by atoms with van der Waals surface area (Å²) >= 11 is 0. The Morgan fingerprint density at radius 1 is 1.10 bits per heavy atom. The molecule has 0 saturated carbocycles. The molecule has 0 aromatic heterocycles. The lowest BCUT2D eigenvalue weighted by Crippen LogP contribution is -2.05. The molecule has 0 amide bonds. The second-order valence-electron chi connectivity index (χ2n) is 5.14. The Bertz CT molecular complexity index is 588. The maximum absolute atomic E-state index is 11.2. The van der Waals surface area contributed by atoms with E-state index in [4.69, 9.17) is 4.74 Å². The van der Waals surface area contributed by atoms with Crippen LogP contribution >= 0.6 is 0 Å². The second-order valence-corrected chi connectivity index (χ2v) is 5.14. The topological polar surface area (TPSA) is 46.5 Å². The van der Waals surface area contributed by atoms with Crippen molar-refractivity contribution < 1.29 is 14.6 Å². The summed E-state index contributed by atoms with van der Waals surface area (Å²) in [5.41, 5.74) is 1.15. The molecule has 3 nitrogen and oxygen atoms in total. The summed E-state index contributed by atoms with van der Waals surface area (Å²) in [6, 6.07) is 14.6. The second kappa shape index (κ2) is 6.24. The number of rotatable bonds is 5. The zero-order valence-corrected chi connectivity index (χ0v) is 11.7. The van der Waals surface area contributed by atoms with E-state index in [9.17, 15) is 9.90 Å². The van der Waals surface area contributed by atoms with Crippen LogP contribution in [0.25, 0.3) is 0 Å². The largest absolute Gasteiger partial charge is 0.478 e. The van der Waals surface area contributed by atoms with Gasteiger partial charge in [0.25, 0.3) is 0 Å². The lowest BCUT2D eigenvalue weighted by Gasteiger charge is -2.12. The van der Waals surface area contributed by atoms with Crippen LogP contribution in [0.15, 0.2) is 48.5 Å². The van der Waals surface area contributed by atoms with Gasteiger partial charge in [0.15, 0.2) is 0 Å². The van der Waals surface area contributed by atoms with Gasteiger partial charge in [0, 0.05) is 0 Å². The van der Waals surface area contributed by atoms with Gasteiger partial charge in [-0.2, -0.15) is 0 Å². The van der Waals surface area contributed by atoms with E-state index in [-0.39, 0.29) is 0 Å². The van der Waals surface area contributed by atoms with Crippen LogP contribution in [0.2, 0.25) is 0 Å². The van der Waals surface area contributed by atoms with E-state index in [2.05, 4.69) is 13.8 Å². The van der Waals surface area contributed by atoms with Crippen LogP contribution in [0.1, 0.15) is 29.8 Å². The highest BCUT2D eigenvalue weighted by atomic mass is 16.5. The summed E-state index contributed by atoms with van der Waals surface area (Å²) in [5, 5.41) is 9.22. The standard InChI is InChI=1S/C17H18O3/c1-12(2)10-13-11-15(8-9-16(13)17(18)19)20-14-6-4-3-5-7-14/h3-9,11-12H,10H2,1-2H3,(H,18,19). The monoisotopic (exact) mass is 270 g/mol. The molecule has 0 bridgehead atoms. The minimum Gasteiger partial charge on any atom is -0.478 e. The van der Waals surface area contributed by atoms with Crippen molar-refractivity contribution in [3.05, 3.63) is 59.7 Å². The zero-order chi connectivity index (χ0) is 14.5. The fourth-order valence-corrected chi connectivity index (χ4v) is 2.08. The predicted molar refractivity (Wildman–Crippen MR) is 78.5 cm³/mol. The van der Waals surface area contributed by atoms with Crippen LogP contribution in [-0.4, -0.2) is 11.1 Å². The molecule has 0 spiro atoms. The van der Waals surface area contributed by atoms with Gasteiger partial charge >= 0.3 is 5.97 Å². The van der Waals surface area contributed by atoms with Crippen molar-refractivity contribution >= 4 is 5.97 Å². The molecule has 0 heterocycles. The summed E-state index contributed by atoms with van der Waals surface area (Å²) in [4.78, 5) is 11.2. The van der Waals surface area contributed by atoms with E-state index >= 15 is 0 Å². The summed E-state index contributed by atoms with van der Waals surface area (Å²) in [6.45, 7) is 4.13. The highest BCUT2D eigenvalue weighted by Gasteiger charge is 2.12. The van der Waals surface area contributed by atoms with E-state index in [1.165, 1.54) is 0 Å². The quantitative estimate of drug-likeness (QED) is 0.877. The number of ether oxygens (including phenoxy) is 1. The Balaban J connectivity index is 2.29. The molecule has 0 radical (unpaired) electrons. The number of carboxylic acids is 1. The Labute approximate surface area is 118 Å². The minimum atomic E-state index is -0.896. The van der Waals surface area contributed by atoms with Crippen LogP contribution in [0, 0.1) is 5.92 Å². The maximum atomic E-state index is 11.2. The maximum Gasteiger partial charge on any atom is 0.335 e. The highest BCUT2D eigenvalue weighted by molar-refractivity contribution is 5.89. The Hall–Kier alpha value is -2.29. The van der Waals surface area contributed by atoms with Crippen LogP contribution in [0.5, 0.6) is 11.5 Å². The lowest BCUT2D eigenvalue weighted by molar-refractivity contribution is 0.0695. The van der Waals surface area contributed by atoms with Crippen molar-refractivity contribution in [1.29, 1.82) is 0 Å². The van der Waals surface area contributed by atoms with Gasteiger partial charge in [-0.15, -0.1) is 0 Å². The Morgan fingerprint density at radius 2 is 1.80 bits per heavy atom. The Morgan fingerprint density at radius 3 is 2.40 bits per heavy atom. The molecule has 0 atom stereocenters. The average Bonchev–Trinajstić information content (AvgIpc) is 2.39. The lowest BCUT2D eigenvalue weighted by atomic mass is 9.98. The first-order valence-corrected chi connectivity index (χ1v) is 6.65. The van der Waals surface area contributed by atoms with Crippen molar-refractivity contribution in [1.82, 2.24) is 0 Å². The average molecular weight is 270 g/mol. The molecule has 2 rings (SSSR count). The first-order valence-electron chi connectivity index (χ1n) is 6.65. The van der Waals surface area contributed by atoms with Crippen molar-refractivity contribution in [2.45, 2.75) is 20.3 Å². The van der Waals surface area contributed by atoms with Gasteiger partial charge in [-0.3, -0.25) is 0 Å².